The highest BCUT2D eigenvalue weighted by molar-refractivity contribution is 6.30. The topological polar surface area (TPSA) is 66.4 Å². The van der Waals surface area contributed by atoms with Gasteiger partial charge in [-0.15, -0.1) is 0 Å². The van der Waals surface area contributed by atoms with Gasteiger partial charge in [0.15, 0.2) is 0 Å². The van der Waals surface area contributed by atoms with Crippen molar-refractivity contribution in [3.63, 3.8) is 0 Å². The quantitative estimate of drug-likeness (QED) is 0.877. The Morgan fingerprint density at radius 2 is 1.80 bits per heavy atom. The van der Waals surface area contributed by atoms with Gasteiger partial charge in [-0.2, -0.15) is 0 Å². The van der Waals surface area contributed by atoms with E-state index in [1.165, 1.54) is 0 Å². The molecule has 1 rings (SSSR count). The third-order valence-electron chi connectivity index (χ3n) is 2.82. The Morgan fingerprint density at radius 3 is 2.25 bits per heavy atom. The van der Waals surface area contributed by atoms with Gasteiger partial charge in [0.2, 0.25) is 0 Å². The first-order valence-electron chi connectivity index (χ1n) is 6.45. The fourth-order valence-electron chi connectivity index (χ4n) is 1.91. The lowest BCUT2D eigenvalue weighted by Crippen LogP contribution is -2.35. The van der Waals surface area contributed by atoms with Crippen molar-refractivity contribution in [2.24, 2.45) is 11.3 Å². The van der Waals surface area contributed by atoms with Crippen LogP contribution in [0, 0.1) is 11.3 Å². The van der Waals surface area contributed by atoms with E-state index in [-0.39, 0.29) is 17.9 Å². The van der Waals surface area contributed by atoms with Crippen LogP contribution in [0.1, 0.15) is 37.6 Å². The van der Waals surface area contributed by atoms with Crippen LogP contribution in [0.2, 0.25) is 5.02 Å². The van der Waals surface area contributed by atoms with Crippen LogP contribution in [0.15, 0.2) is 24.3 Å². The van der Waals surface area contributed by atoms with Gasteiger partial charge in [-0.25, -0.2) is 0 Å². The number of halogens is 1. The van der Waals surface area contributed by atoms with Crippen LogP contribution in [0.4, 0.5) is 0 Å². The summed E-state index contributed by atoms with van der Waals surface area (Å²) < 4.78 is 0. The maximum atomic E-state index is 11.9. The number of carbonyl (C=O) groups excluding carboxylic acids is 1. The van der Waals surface area contributed by atoms with E-state index in [0.29, 0.717) is 17.0 Å². The lowest BCUT2D eigenvalue weighted by atomic mass is 9.84. The van der Waals surface area contributed by atoms with Gasteiger partial charge in [-0.1, -0.05) is 32.4 Å². The van der Waals surface area contributed by atoms with E-state index in [0.717, 1.165) is 0 Å². The SMILES string of the molecule is CC(C)(C)CC(CNC(=O)c1ccc(Cl)cc1)C(=O)O. The van der Waals surface area contributed by atoms with Gasteiger partial charge >= 0.3 is 5.97 Å². The minimum atomic E-state index is -0.892. The molecule has 110 valence electrons. The van der Waals surface area contributed by atoms with E-state index in [2.05, 4.69) is 5.32 Å². The summed E-state index contributed by atoms with van der Waals surface area (Å²) in [7, 11) is 0. The summed E-state index contributed by atoms with van der Waals surface area (Å²) in [6.07, 6.45) is 0.503. The lowest BCUT2D eigenvalue weighted by Gasteiger charge is -2.23. The van der Waals surface area contributed by atoms with Gasteiger partial charge in [0.25, 0.3) is 5.91 Å². The molecule has 0 aliphatic rings. The van der Waals surface area contributed by atoms with Crippen LogP contribution in [0.5, 0.6) is 0 Å². The molecule has 1 atom stereocenters. The molecule has 0 spiro atoms. The number of carboxylic acids is 1. The average molecular weight is 298 g/mol. The Labute approximate surface area is 124 Å². The summed E-state index contributed by atoms with van der Waals surface area (Å²) in [6.45, 7) is 6.05. The molecule has 2 N–H and O–H groups in total. The third kappa shape index (κ3) is 5.61. The Bertz CT molecular complexity index is 477. The summed E-state index contributed by atoms with van der Waals surface area (Å²) in [5.74, 6) is -1.77. The highest BCUT2D eigenvalue weighted by Gasteiger charge is 2.25. The standard InChI is InChI=1S/C15H20ClNO3/c1-15(2,3)8-11(14(19)20)9-17-13(18)10-4-6-12(16)7-5-10/h4-7,11H,8-9H2,1-3H3,(H,17,18)(H,19,20). The van der Waals surface area contributed by atoms with Crippen LogP contribution in [0.3, 0.4) is 0 Å². The van der Waals surface area contributed by atoms with Gasteiger partial charge in [0.1, 0.15) is 0 Å². The Morgan fingerprint density at radius 1 is 1.25 bits per heavy atom. The van der Waals surface area contributed by atoms with Crippen molar-refractivity contribution in [1.82, 2.24) is 5.32 Å². The fourth-order valence-corrected chi connectivity index (χ4v) is 2.03. The first-order valence-corrected chi connectivity index (χ1v) is 6.83. The molecule has 1 unspecified atom stereocenters. The number of aliphatic carboxylic acids is 1. The zero-order chi connectivity index (χ0) is 15.3. The van der Waals surface area contributed by atoms with E-state index in [1.807, 2.05) is 20.8 Å². The molecular weight excluding hydrogens is 278 g/mol. The van der Waals surface area contributed by atoms with E-state index < -0.39 is 11.9 Å². The zero-order valence-corrected chi connectivity index (χ0v) is 12.7. The van der Waals surface area contributed by atoms with Crippen molar-refractivity contribution in [2.45, 2.75) is 27.2 Å². The van der Waals surface area contributed by atoms with E-state index in [4.69, 9.17) is 11.6 Å². The molecule has 0 radical (unpaired) electrons. The zero-order valence-electron chi connectivity index (χ0n) is 11.9. The van der Waals surface area contributed by atoms with E-state index >= 15 is 0 Å². The maximum absolute atomic E-state index is 11.9. The molecule has 0 heterocycles. The molecule has 0 aromatic heterocycles. The van der Waals surface area contributed by atoms with E-state index in [9.17, 15) is 14.7 Å². The van der Waals surface area contributed by atoms with Crippen molar-refractivity contribution in [3.05, 3.63) is 34.9 Å². The van der Waals surface area contributed by atoms with E-state index in [1.54, 1.807) is 24.3 Å². The van der Waals surface area contributed by atoms with Crippen LogP contribution in [-0.4, -0.2) is 23.5 Å². The molecule has 1 aromatic carbocycles. The van der Waals surface area contributed by atoms with Crippen LogP contribution >= 0.6 is 11.6 Å². The summed E-state index contributed by atoms with van der Waals surface area (Å²) >= 11 is 5.75. The van der Waals surface area contributed by atoms with Crippen LogP contribution in [0.25, 0.3) is 0 Å². The second kappa shape index (κ2) is 6.75. The molecule has 0 bridgehead atoms. The van der Waals surface area contributed by atoms with Crippen molar-refractivity contribution in [2.75, 3.05) is 6.54 Å². The molecule has 4 nitrogen and oxygen atoms in total. The number of carboxylic acid groups (broad SMARTS) is 1. The molecule has 1 aromatic rings. The molecular formula is C15H20ClNO3. The minimum absolute atomic E-state index is 0.103. The van der Waals surface area contributed by atoms with Crippen molar-refractivity contribution < 1.29 is 14.7 Å². The number of amides is 1. The molecule has 0 fully saturated rings. The van der Waals surface area contributed by atoms with Crippen LogP contribution in [-0.2, 0) is 4.79 Å². The van der Waals surface area contributed by atoms with Crippen molar-refractivity contribution in [3.8, 4) is 0 Å². The molecule has 0 saturated carbocycles. The van der Waals surface area contributed by atoms with Gasteiger partial charge in [-0.3, -0.25) is 9.59 Å². The summed E-state index contributed by atoms with van der Waals surface area (Å²) in [6, 6.07) is 6.47. The summed E-state index contributed by atoms with van der Waals surface area (Å²) in [4.78, 5) is 23.1. The van der Waals surface area contributed by atoms with Crippen molar-refractivity contribution >= 4 is 23.5 Å². The predicted octanol–water partition coefficient (Wildman–Crippen LogP) is 3.21. The normalized spacial score (nSPS) is 12.8. The first kappa shape index (κ1) is 16.5. The Kier molecular flexibility index (Phi) is 5.57. The Hall–Kier alpha value is -1.55. The largest absolute Gasteiger partial charge is 0.481 e. The smallest absolute Gasteiger partial charge is 0.308 e. The van der Waals surface area contributed by atoms with Crippen LogP contribution < -0.4 is 5.32 Å². The molecule has 5 heteroatoms. The molecule has 0 aliphatic heterocycles. The number of nitrogens with one attached hydrogen (secondary N) is 1. The number of hydrogen-bond acceptors (Lipinski definition) is 2. The molecule has 0 saturated heterocycles. The average Bonchev–Trinajstić information content (AvgIpc) is 2.33. The summed E-state index contributed by atoms with van der Waals surface area (Å²) in [5, 5.41) is 12.4. The highest BCUT2D eigenvalue weighted by Crippen LogP contribution is 2.24. The van der Waals surface area contributed by atoms with Gasteiger partial charge in [0, 0.05) is 17.1 Å². The minimum Gasteiger partial charge on any atom is -0.481 e. The second-order valence-electron chi connectivity index (χ2n) is 6.02. The fraction of sp³-hybridized carbons (Fsp3) is 0.467. The Balaban J connectivity index is 2.61. The second-order valence-corrected chi connectivity index (χ2v) is 6.45. The van der Waals surface area contributed by atoms with Gasteiger partial charge in [0.05, 0.1) is 5.92 Å². The predicted molar refractivity (Wildman–Crippen MR) is 79.0 cm³/mol. The third-order valence-corrected chi connectivity index (χ3v) is 3.08. The molecule has 0 aliphatic carbocycles. The number of benzene rings is 1. The molecule has 20 heavy (non-hydrogen) atoms. The maximum Gasteiger partial charge on any atom is 0.308 e. The highest BCUT2D eigenvalue weighted by atomic mass is 35.5. The van der Waals surface area contributed by atoms with Gasteiger partial charge < -0.3 is 10.4 Å². The van der Waals surface area contributed by atoms with Crippen molar-refractivity contribution in [1.29, 1.82) is 0 Å². The molecule has 1 amide bonds. The number of hydrogen-bond donors (Lipinski definition) is 2. The summed E-state index contributed by atoms with van der Waals surface area (Å²) in [5.41, 5.74) is 0.364. The monoisotopic (exact) mass is 297 g/mol. The first-order chi connectivity index (χ1) is 9.19. The lowest BCUT2D eigenvalue weighted by molar-refractivity contribution is -0.142. The van der Waals surface area contributed by atoms with Gasteiger partial charge in [-0.05, 0) is 36.1 Å². The number of rotatable bonds is 5. The number of carbonyl (C=O) groups is 2.